The van der Waals surface area contributed by atoms with Crippen LogP contribution in [0.1, 0.15) is 36.8 Å². The molecule has 5 nitrogen and oxygen atoms in total. The number of likely N-dealkylation sites (tertiary alicyclic amines) is 1. The minimum absolute atomic E-state index is 0.504. The second kappa shape index (κ2) is 8.57. The molecule has 1 unspecified atom stereocenters. The van der Waals surface area contributed by atoms with E-state index in [0.29, 0.717) is 18.5 Å². The van der Waals surface area contributed by atoms with Gasteiger partial charge in [0.15, 0.2) is 0 Å². The molecule has 1 aromatic carbocycles. The number of oxazole rings is 1. The molecule has 1 fully saturated rings. The van der Waals surface area contributed by atoms with Crippen LogP contribution < -0.4 is 4.74 Å². The van der Waals surface area contributed by atoms with Gasteiger partial charge in [0, 0.05) is 42.5 Å². The van der Waals surface area contributed by atoms with E-state index in [-0.39, 0.29) is 0 Å². The van der Waals surface area contributed by atoms with Crippen molar-refractivity contribution in [2.24, 2.45) is 0 Å². The zero-order chi connectivity index (χ0) is 19.3. The quantitative estimate of drug-likeness (QED) is 0.600. The molecule has 2 aromatic heterocycles. The lowest BCUT2D eigenvalue weighted by molar-refractivity contribution is 0.271. The van der Waals surface area contributed by atoms with Gasteiger partial charge in [0.25, 0.3) is 0 Å². The maximum atomic E-state index is 5.93. The lowest BCUT2D eigenvalue weighted by Crippen LogP contribution is -2.29. The Labute approximate surface area is 166 Å². The molecule has 146 valence electrons. The highest BCUT2D eigenvalue weighted by molar-refractivity contribution is 5.55. The van der Waals surface area contributed by atoms with E-state index in [4.69, 9.17) is 14.1 Å². The smallest absolute Gasteiger partial charge is 0.226 e. The summed E-state index contributed by atoms with van der Waals surface area (Å²) >= 11 is 0. The van der Waals surface area contributed by atoms with E-state index in [1.807, 2.05) is 49.5 Å². The number of hydrogen-bond donors (Lipinski definition) is 0. The Morgan fingerprint density at radius 2 is 2.07 bits per heavy atom. The fraction of sp³-hybridized carbons (Fsp3) is 0.391. The zero-order valence-corrected chi connectivity index (χ0v) is 16.6. The first-order valence-corrected chi connectivity index (χ1v) is 10.0. The van der Waals surface area contributed by atoms with Crippen LogP contribution in [0.15, 0.2) is 53.2 Å². The van der Waals surface area contributed by atoms with E-state index in [0.717, 1.165) is 41.3 Å². The fourth-order valence-electron chi connectivity index (χ4n) is 3.70. The van der Waals surface area contributed by atoms with Crippen LogP contribution in [0.4, 0.5) is 0 Å². The number of nitrogens with zero attached hydrogens (tertiary/aromatic N) is 3. The van der Waals surface area contributed by atoms with Crippen molar-refractivity contribution < 1.29 is 9.15 Å². The van der Waals surface area contributed by atoms with Crippen molar-refractivity contribution in [3.8, 4) is 17.2 Å². The predicted octanol–water partition coefficient (Wildman–Crippen LogP) is 4.65. The summed E-state index contributed by atoms with van der Waals surface area (Å²) < 4.78 is 11.8. The van der Waals surface area contributed by atoms with E-state index in [1.54, 1.807) is 6.20 Å². The first kappa shape index (κ1) is 18.7. The summed E-state index contributed by atoms with van der Waals surface area (Å²) in [5.41, 5.74) is 3.08. The summed E-state index contributed by atoms with van der Waals surface area (Å²) in [6, 6.07) is 12.5. The maximum Gasteiger partial charge on any atom is 0.226 e. The van der Waals surface area contributed by atoms with E-state index in [2.05, 4.69) is 16.8 Å². The SMILES string of the molecule is Cc1oc(-c2ccc(OCc3cccnc3)cc2)nc1CCN1CCCC1C. The highest BCUT2D eigenvalue weighted by Crippen LogP contribution is 2.25. The molecule has 3 aromatic rings. The predicted molar refractivity (Wildman–Crippen MR) is 109 cm³/mol. The van der Waals surface area contributed by atoms with Crippen LogP contribution in [-0.4, -0.2) is 34.0 Å². The second-order valence-corrected chi connectivity index (χ2v) is 7.47. The van der Waals surface area contributed by atoms with Gasteiger partial charge in [-0.1, -0.05) is 6.07 Å². The molecule has 0 aliphatic carbocycles. The van der Waals surface area contributed by atoms with Gasteiger partial charge in [-0.05, 0) is 63.6 Å². The molecule has 1 aliphatic rings. The van der Waals surface area contributed by atoms with E-state index in [1.165, 1.54) is 19.4 Å². The van der Waals surface area contributed by atoms with Crippen LogP contribution in [0.2, 0.25) is 0 Å². The summed E-state index contributed by atoms with van der Waals surface area (Å²) in [5, 5.41) is 0. The van der Waals surface area contributed by atoms with Crippen LogP contribution in [0.3, 0.4) is 0 Å². The summed E-state index contributed by atoms with van der Waals surface area (Å²) in [4.78, 5) is 11.4. The lowest BCUT2D eigenvalue weighted by atomic mass is 10.2. The molecule has 1 atom stereocenters. The van der Waals surface area contributed by atoms with Crippen LogP contribution in [0.25, 0.3) is 11.5 Å². The molecule has 5 heteroatoms. The third kappa shape index (κ3) is 4.42. The first-order chi connectivity index (χ1) is 13.7. The highest BCUT2D eigenvalue weighted by atomic mass is 16.5. The molecule has 0 amide bonds. The average Bonchev–Trinajstić information content (AvgIpc) is 3.31. The lowest BCUT2D eigenvalue weighted by Gasteiger charge is -2.20. The molecular formula is C23H27N3O2. The van der Waals surface area contributed by atoms with Gasteiger partial charge in [0.2, 0.25) is 5.89 Å². The largest absolute Gasteiger partial charge is 0.489 e. The monoisotopic (exact) mass is 377 g/mol. The summed E-state index contributed by atoms with van der Waals surface area (Å²) in [6.07, 6.45) is 7.12. The normalized spacial score (nSPS) is 17.1. The van der Waals surface area contributed by atoms with Gasteiger partial charge in [-0.2, -0.15) is 0 Å². The van der Waals surface area contributed by atoms with Crippen LogP contribution >= 0.6 is 0 Å². The van der Waals surface area contributed by atoms with Crippen molar-refractivity contribution in [2.45, 2.75) is 45.8 Å². The van der Waals surface area contributed by atoms with Gasteiger partial charge < -0.3 is 14.1 Å². The maximum absolute atomic E-state index is 5.93. The Hall–Kier alpha value is -2.66. The molecule has 0 bridgehead atoms. The molecule has 1 saturated heterocycles. The summed E-state index contributed by atoms with van der Waals surface area (Å²) in [6.45, 7) is 7.07. The van der Waals surface area contributed by atoms with Crippen molar-refractivity contribution in [1.29, 1.82) is 0 Å². The third-order valence-corrected chi connectivity index (χ3v) is 5.45. The molecule has 0 radical (unpaired) electrons. The Balaban J connectivity index is 1.37. The highest BCUT2D eigenvalue weighted by Gasteiger charge is 2.21. The standard InChI is InChI=1S/C23H27N3O2/c1-17-5-4-13-26(17)14-11-22-18(2)28-23(25-22)20-7-9-21(10-8-20)27-16-19-6-3-12-24-15-19/h3,6-10,12,15,17H,4-5,11,13-14,16H2,1-2H3. The van der Waals surface area contributed by atoms with E-state index < -0.39 is 0 Å². The molecule has 0 spiro atoms. The second-order valence-electron chi connectivity index (χ2n) is 7.47. The minimum atomic E-state index is 0.504. The van der Waals surface area contributed by atoms with Crippen molar-refractivity contribution in [1.82, 2.24) is 14.9 Å². The average molecular weight is 377 g/mol. The van der Waals surface area contributed by atoms with Gasteiger partial charge in [-0.15, -0.1) is 0 Å². The number of aryl methyl sites for hydroxylation is 1. The Kier molecular flexibility index (Phi) is 5.72. The number of pyridine rings is 1. The van der Waals surface area contributed by atoms with E-state index >= 15 is 0 Å². The Morgan fingerprint density at radius 3 is 2.79 bits per heavy atom. The van der Waals surface area contributed by atoms with Gasteiger partial charge >= 0.3 is 0 Å². The topological polar surface area (TPSA) is 51.4 Å². The molecular weight excluding hydrogens is 350 g/mol. The van der Waals surface area contributed by atoms with Crippen LogP contribution in [0, 0.1) is 6.92 Å². The molecule has 3 heterocycles. The number of aromatic nitrogens is 2. The number of rotatable bonds is 7. The summed E-state index contributed by atoms with van der Waals surface area (Å²) in [5.74, 6) is 2.42. The Morgan fingerprint density at radius 1 is 1.21 bits per heavy atom. The minimum Gasteiger partial charge on any atom is -0.489 e. The third-order valence-electron chi connectivity index (χ3n) is 5.45. The van der Waals surface area contributed by atoms with Crippen molar-refractivity contribution in [3.63, 3.8) is 0 Å². The van der Waals surface area contributed by atoms with Gasteiger partial charge in [-0.25, -0.2) is 4.98 Å². The molecule has 28 heavy (non-hydrogen) atoms. The molecule has 1 aliphatic heterocycles. The molecule has 0 saturated carbocycles. The van der Waals surface area contributed by atoms with Crippen LogP contribution in [0.5, 0.6) is 5.75 Å². The molecule has 0 N–H and O–H groups in total. The number of benzene rings is 1. The zero-order valence-electron chi connectivity index (χ0n) is 16.6. The van der Waals surface area contributed by atoms with Crippen molar-refractivity contribution in [3.05, 3.63) is 65.8 Å². The van der Waals surface area contributed by atoms with Gasteiger partial charge in [0.05, 0.1) is 5.69 Å². The van der Waals surface area contributed by atoms with E-state index in [9.17, 15) is 0 Å². The Bertz CT molecular complexity index is 890. The summed E-state index contributed by atoms with van der Waals surface area (Å²) in [7, 11) is 0. The first-order valence-electron chi connectivity index (χ1n) is 10.0. The van der Waals surface area contributed by atoms with Gasteiger partial charge in [-0.3, -0.25) is 4.98 Å². The fourth-order valence-corrected chi connectivity index (χ4v) is 3.70. The van der Waals surface area contributed by atoms with Crippen molar-refractivity contribution in [2.75, 3.05) is 13.1 Å². The number of ether oxygens (including phenoxy) is 1. The molecule has 4 rings (SSSR count). The van der Waals surface area contributed by atoms with Gasteiger partial charge in [0.1, 0.15) is 18.1 Å². The van der Waals surface area contributed by atoms with Crippen LogP contribution in [-0.2, 0) is 13.0 Å². The van der Waals surface area contributed by atoms with Crippen molar-refractivity contribution >= 4 is 0 Å². The number of hydrogen-bond acceptors (Lipinski definition) is 5.